The Morgan fingerprint density at radius 1 is 1.19 bits per heavy atom. The van der Waals surface area contributed by atoms with Gasteiger partial charge in [0.25, 0.3) is 0 Å². The summed E-state index contributed by atoms with van der Waals surface area (Å²) in [4.78, 5) is 25.3. The van der Waals surface area contributed by atoms with Crippen LogP contribution in [0.1, 0.15) is 13.3 Å². The molecule has 1 aliphatic heterocycles. The van der Waals surface area contributed by atoms with Crippen molar-refractivity contribution in [2.45, 2.75) is 25.0 Å². The van der Waals surface area contributed by atoms with Gasteiger partial charge in [-0.1, -0.05) is 17.8 Å². The molecule has 0 bridgehead atoms. The van der Waals surface area contributed by atoms with E-state index in [1.54, 1.807) is 29.5 Å². The van der Waals surface area contributed by atoms with E-state index in [1.807, 2.05) is 29.0 Å². The van der Waals surface area contributed by atoms with Crippen LogP contribution in [0.3, 0.4) is 0 Å². The van der Waals surface area contributed by atoms with Crippen molar-refractivity contribution in [3.8, 4) is 22.2 Å². The Balaban J connectivity index is 1.26. The maximum atomic E-state index is 12.1. The average Bonchev–Trinajstić information content (AvgIpc) is 3.43. The van der Waals surface area contributed by atoms with E-state index in [0.29, 0.717) is 36.2 Å². The van der Waals surface area contributed by atoms with Crippen molar-refractivity contribution in [1.82, 2.24) is 20.1 Å². The normalized spacial score (nSPS) is 12.4. The number of rotatable bonds is 7. The number of thioether (sulfide) groups is 1. The number of aromatic nitrogens is 3. The van der Waals surface area contributed by atoms with Crippen LogP contribution in [0.2, 0.25) is 0 Å². The number of carbonyl (C=O) groups is 2. The van der Waals surface area contributed by atoms with Crippen LogP contribution in [0, 0.1) is 0 Å². The molecule has 1 aliphatic rings. The van der Waals surface area contributed by atoms with Crippen LogP contribution >= 0.6 is 23.1 Å². The van der Waals surface area contributed by atoms with E-state index in [0.717, 1.165) is 22.4 Å². The molecule has 31 heavy (non-hydrogen) atoms. The monoisotopic (exact) mass is 459 g/mol. The van der Waals surface area contributed by atoms with Gasteiger partial charge in [0.2, 0.25) is 5.91 Å². The van der Waals surface area contributed by atoms with Crippen molar-refractivity contribution in [3.63, 3.8) is 0 Å². The van der Waals surface area contributed by atoms with Gasteiger partial charge >= 0.3 is 6.03 Å². The summed E-state index contributed by atoms with van der Waals surface area (Å²) in [7, 11) is 0. The molecule has 11 heteroatoms. The van der Waals surface area contributed by atoms with Gasteiger partial charge in [-0.3, -0.25) is 10.1 Å². The van der Waals surface area contributed by atoms with Gasteiger partial charge in [0, 0.05) is 30.5 Å². The van der Waals surface area contributed by atoms with Gasteiger partial charge in [-0.2, -0.15) is 0 Å². The van der Waals surface area contributed by atoms with Gasteiger partial charge in [-0.15, -0.1) is 21.5 Å². The van der Waals surface area contributed by atoms with Crippen molar-refractivity contribution < 1.29 is 19.1 Å². The molecule has 3 aromatic rings. The molecular weight excluding hydrogens is 438 g/mol. The second-order valence-corrected chi connectivity index (χ2v) is 8.50. The molecule has 1 aromatic carbocycles. The summed E-state index contributed by atoms with van der Waals surface area (Å²) in [6, 6.07) is 8.46. The minimum Gasteiger partial charge on any atom is -0.486 e. The third-order valence-electron chi connectivity index (χ3n) is 4.39. The van der Waals surface area contributed by atoms with E-state index >= 15 is 0 Å². The molecule has 0 fully saturated rings. The number of imide groups is 1. The first-order valence-corrected chi connectivity index (χ1v) is 11.6. The molecule has 3 heterocycles. The molecule has 2 N–H and O–H groups in total. The number of anilines is 1. The quantitative estimate of drug-likeness (QED) is 0.520. The number of hydrogen-bond donors (Lipinski definition) is 2. The van der Waals surface area contributed by atoms with Gasteiger partial charge in [-0.05, 0) is 30.5 Å². The highest BCUT2D eigenvalue weighted by Crippen LogP contribution is 2.32. The van der Waals surface area contributed by atoms with E-state index in [2.05, 4.69) is 20.8 Å². The van der Waals surface area contributed by atoms with Crippen LogP contribution in [0.5, 0.6) is 11.5 Å². The lowest BCUT2D eigenvalue weighted by Crippen LogP contribution is -2.34. The summed E-state index contributed by atoms with van der Waals surface area (Å²) in [6.07, 6.45) is 0.171. The minimum absolute atomic E-state index is 0.171. The first-order valence-electron chi connectivity index (χ1n) is 9.74. The summed E-state index contributed by atoms with van der Waals surface area (Å²) in [5.74, 6) is 2.12. The molecule has 0 saturated heterocycles. The number of nitrogens with zero attached hydrogens (tertiary/aromatic N) is 3. The fourth-order valence-electron chi connectivity index (χ4n) is 2.98. The maximum Gasteiger partial charge on any atom is 0.325 e. The first kappa shape index (κ1) is 21.2. The second-order valence-electron chi connectivity index (χ2n) is 6.49. The van der Waals surface area contributed by atoms with E-state index < -0.39 is 6.03 Å². The zero-order valence-electron chi connectivity index (χ0n) is 16.8. The smallest absolute Gasteiger partial charge is 0.325 e. The standard InChI is InChI=1S/C20H21N5O4S2/c1-2-25-18(16-4-3-10-30-16)23-24-20(25)31-11-7-17(26)22-19(27)21-13-5-6-14-15(12-13)29-9-8-28-14/h3-6,10,12H,2,7-9,11H2,1H3,(H2,21,22,26,27). The maximum absolute atomic E-state index is 12.1. The highest BCUT2D eigenvalue weighted by atomic mass is 32.2. The number of hydrogen-bond acceptors (Lipinski definition) is 8. The number of carbonyl (C=O) groups excluding carboxylic acids is 2. The van der Waals surface area contributed by atoms with Crippen LogP contribution in [0.25, 0.3) is 10.7 Å². The molecule has 2 aromatic heterocycles. The highest BCUT2D eigenvalue weighted by Gasteiger charge is 2.16. The predicted molar refractivity (Wildman–Crippen MR) is 119 cm³/mol. The number of fused-ring (bicyclic) bond motifs is 1. The molecule has 0 spiro atoms. The van der Waals surface area contributed by atoms with Gasteiger partial charge < -0.3 is 19.4 Å². The van der Waals surface area contributed by atoms with E-state index in [-0.39, 0.29) is 12.3 Å². The van der Waals surface area contributed by atoms with Gasteiger partial charge in [-0.25, -0.2) is 4.79 Å². The van der Waals surface area contributed by atoms with Crippen molar-refractivity contribution >= 4 is 40.7 Å². The fraction of sp³-hybridized carbons (Fsp3) is 0.300. The number of ether oxygens (including phenoxy) is 2. The van der Waals surface area contributed by atoms with Crippen molar-refractivity contribution in [3.05, 3.63) is 35.7 Å². The van der Waals surface area contributed by atoms with Crippen molar-refractivity contribution in [2.75, 3.05) is 24.3 Å². The lowest BCUT2D eigenvalue weighted by atomic mass is 10.2. The Bertz CT molecular complexity index is 1070. The minimum atomic E-state index is -0.594. The zero-order valence-corrected chi connectivity index (χ0v) is 18.4. The van der Waals surface area contributed by atoms with E-state index in [9.17, 15) is 9.59 Å². The molecule has 0 atom stereocenters. The summed E-state index contributed by atoms with van der Waals surface area (Å²) in [5, 5.41) is 16.2. The van der Waals surface area contributed by atoms with E-state index in [4.69, 9.17) is 9.47 Å². The topological polar surface area (TPSA) is 107 Å². The van der Waals surface area contributed by atoms with Gasteiger partial charge in [0.05, 0.1) is 4.88 Å². The van der Waals surface area contributed by atoms with E-state index in [1.165, 1.54) is 11.8 Å². The van der Waals surface area contributed by atoms with Crippen molar-refractivity contribution in [2.24, 2.45) is 0 Å². The molecule has 0 radical (unpaired) electrons. The molecule has 162 valence electrons. The number of urea groups is 1. The Labute approximate surface area is 187 Å². The third kappa shape index (κ3) is 5.17. The fourth-order valence-corrected chi connectivity index (χ4v) is 4.63. The molecule has 9 nitrogen and oxygen atoms in total. The zero-order chi connectivity index (χ0) is 21.6. The average molecular weight is 460 g/mol. The first-order chi connectivity index (χ1) is 15.1. The number of benzene rings is 1. The third-order valence-corrected chi connectivity index (χ3v) is 6.22. The van der Waals surface area contributed by atoms with Crippen molar-refractivity contribution in [1.29, 1.82) is 0 Å². The molecule has 0 saturated carbocycles. The Morgan fingerprint density at radius 3 is 2.81 bits per heavy atom. The van der Waals surface area contributed by atoms with Gasteiger partial charge in [0.15, 0.2) is 22.5 Å². The number of amides is 3. The van der Waals surface area contributed by atoms with Gasteiger partial charge in [0.1, 0.15) is 13.2 Å². The van der Waals surface area contributed by atoms with Crippen LogP contribution in [-0.4, -0.2) is 45.7 Å². The predicted octanol–water partition coefficient (Wildman–Crippen LogP) is 3.63. The SMILES string of the molecule is CCn1c(SCCC(=O)NC(=O)Nc2ccc3c(c2)OCCO3)nnc1-c1cccs1. The lowest BCUT2D eigenvalue weighted by Gasteiger charge is -2.19. The largest absolute Gasteiger partial charge is 0.486 e. The van der Waals surface area contributed by atoms with Crippen LogP contribution in [-0.2, 0) is 11.3 Å². The van der Waals surface area contributed by atoms with Crippen LogP contribution in [0.15, 0.2) is 40.9 Å². The van der Waals surface area contributed by atoms with Crippen LogP contribution < -0.4 is 20.1 Å². The summed E-state index contributed by atoms with van der Waals surface area (Å²) >= 11 is 3.04. The molecule has 0 aliphatic carbocycles. The number of thiophene rings is 1. The Hall–Kier alpha value is -3.05. The summed E-state index contributed by atoms with van der Waals surface area (Å²) in [6.45, 7) is 3.71. The summed E-state index contributed by atoms with van der Waals surface area (Å²) in [5.41, 5.74) is 0.515. The number of nitrogens with one attached hydrogen (secondary N) is 2. The second kappa shape index (κ2) is 9.84. The van der Waals surface area contributed by atoms with Crippen LogP contribution in [0.4, 0.5) is 10.5 Å². The molecule has 4 rings (SSSR count). The molecule has 3 amide bonds. The lowest BCUT2D eigenvalue weighted by molar-refractivity contribution is -0.119. The Morgan fingerprint density at radius 2 is 2.03 bits per heavy atom. The molecular formula is C20H21N5O4S2. The summed E-state index contributed by atoms with van der Waals surface area (Å²) < 4.78 is 13.0. The molecule has 0 unspecified atom stereocenters. The highest BCUT2D eigenvalue weighted by molar-refractivity contribution is 7.99. The Kier molecular flexibility index (Phi) is 6.73.